The summed E-state index contributed by atoms with van der Waals surface area (Å²) in [4.78, 5) is 34.5. The van der Waals surface area contributed by atoms with E-state index in [1.807, 2.05) is 0 Å². The molecule has 0 fully saturated rings. The van der Waals surface area contributed by atoms with Crippen LogP contribution in [0, 0.1) is 19.8 Å². The lowest BCUT2D eigenvalue weighted by molar-refractivity contribution is -0.140. The molecule has 104 valence electrons. The number of carboxylic acid groups (broad SMARTS) is 1. The molecule has 1 aromatic heterocycles. The fraction of sp³-hybridized carbons (Fsp3) is 0.500. The molecule has 1 unspecified atom stereocenters. The Kier molecular flexibility index (Phi) is 4.42. The third-order valence-electron chi connectivity index (χ3n) is 2.94. The van der Waals surface area contributed by atoms with Crippen molar-refractivity contribution in [2.45, 2.75) is 20.8 Å². The summed E-state index contributed by atoms with van der Waals surface area (Å²) in [6.45, 7) is 4.79. The molecule has 1 amide bonds. The number of nitrogens with zero attached hydrogens (tertiary/aromatic N) is 2. The Morgan fingerprint density at radius 3 is 2.53 bits per heavy atom. The Labute approximate surface area is 110 Å². The minimum atomic E-state index is -1.00. The van der Waals surface area contributed by atoms with Gasteiger partial charge < -0.3 is 10.4 Å². The van der Waals surface area contributed by atoms with Gasteiger partial charge in [0, 0.05) is 13.6 Å². The predicted molar refractivity (Wildman–Crippen MR) is 68.1 cm³/mol. The average Bonchev–Trinajstić information content (AvgIpc) is 2.33. The molecular weight excluding hydrogens is 250 g/mol. The van der Waals surface area contributed by atoms with E-state index < -0.39 is 23.4 Å². The van der Waals surface area contributed by atoms with Crippen molar-refractivity contribution in [3.63, 3.8) is 0 Å². The number of aryl methyl sites for hydroxylation is 2. The number of aliphatic carboxylic acids is 1. The van der Waals surface area contributed by atoms with Crippen LogP contribution in [0.5, 0.6) is 0 Å². The standard InChI is InChI=1S/C12H17N3O4/c1-6(12(18)19)5-13-10(16)9-7(2)8(3)14-15(4)11(9)17/h6H,5H2,1-4H3,(H,13,16)(H,18,19). The van der Waals surface area contributed by atoms with E-state index in [2.05, 4.69) is 10.4 Å². The maximum Gasteiger partial charge on any atom is 0.308 e. The summed E-state index contributed by atoms with van der Waals surface area (Å²) in [7, 11) is 1.46. The number of carbonyl (C=O) groups is 2. The Morgan fingerprint density at radius 1 is 1.42 bits per heavy atom. The number of hydrogen-bond acceptors (Lipinski definition) is 4. The largest absolute Gasteiger partial charge is 0.481 e. The molecule has 0 spiro atoms. The van der Waals surface area contributed by atoms with Crippen LogP contribution in [-0.2, 0) is 11.8 Å². The monoisotopic (exact) mass is 267 g/mol. The first-order chi connectivity index (χ1) is 8.75. The maximum absolute atomic E-state index is 12.0. The van der Waals surface area contributed by atoms with Crippen LogP contribution in [0.2, 0.25) is 0 Å². The first-order valence-electron chi connectivity index (χ1n) is 5.81. The van der Waals surface area contributed by atoms with Crippen molar-refractivity contribution < 1.29 is 14.7 Å². The lowest BCUT2D eigenvalue weighted by Gasteiger charge is -2.11. The zero-order chi connectivity index (χ0) is 14.7. The minimum absolute atomic E-state index is 0.00703. The van der Waals surface area contributed by atoms with Crippen LogP contribution in [0.25, 0.3) is 0 Å². The van der Waals surface area contributed by atoms with Gasteiger partial charge >= 0.3 is 5.97 Å². The van der Waals surface area contributed by atoms with Crippen molar-refractivity contribution in [1.29, 1.82) is 0 Å². The van der Waals surface area contributed by atoms with Gasteiger partial charge in [-0.15, -0.1) is 0 Å². The van der Waals surface area contributed by atoms with Crippen molar-refractivity contribution in [2.75, 3.05) is 6.54 Å². The zero-order valence-electron chi connectivity index (χ0n) is 11.4. The van der Waals surface area contributed by atoms with Gasteiger partial charge in [-0.3, -0.25) is 14.4 Å². The van der Waals surface area contributed by atoms with Gasteiger partial charge in [-0.25, -0.2) is 4.68 Å². The topological polar surface area (TPSA) is 101 Å². The second-order valence-electron chi connectivity index (χ2n) is 4.46. The Hall–Kier alpha value is -2.18. The van der Waals surface area contributed by atoms with E-state index in [4.69, 9.17) is 5.11 Å². The van der Waals surface area contributed by atoms with Gasteiger partial charge in [0.1, 0.15) is 5.56 Å². The molecule has 0 saturated heterocycles. The number of rotatable bonds is 4. The quantitative estimate of drug-likeness (QED) is 0.789. The molecule has 1 rings (SSSR count). The van der Waals surface area contributed by atoms with Crippen LogP contribution >= 0.6 is 0 Å². The van der Waals surface area contributed by atoms with E-state index in [9.17, 15) is 14.4 Å². The summed E-state index contributed by atoms with van der Waals surface area (Å²) in [6.07, 6.45) is 0. The van der Waals surface area contributed by atoms with Gasteiger partial charge in [-0.05, 0) is 19.4 Å². The van der Waals surface area contributed by atoms with E-state index in [-0.39, 0.29) is 12.1 Å². The van der Waals surface area contributed by atoms with Gasteiger partial charge in [0.05, 0.1) is 11.6 Å². The summed E-state index contributed by atoms with van der Waals surface area (Å²) >= 11 is 0. The highest BCUT2D eigenvalue weighted by molar-refractivity contribution is 5.95. The molecule has 1 heterocycles. The fourth-order valence-corrected chi connectivity index (χ4v) is 1.54. The van der Waals surface area contributed by atoms with Crippen LogP contribution in [0.3, 0.4) is 0 Å². The molecule has 1 aromatic rings. The first-order valence-corrected chi connectivity index (χ1v) is 5.81. The van der Waals surface area contributed by atoms with Crippen molar-refractivity contribution in [1.82, 2.24) is 15.1 Å². The lowest BCUT2D eigenvalue weighted by Crippen LogP contribution is -2.37. The van der Waals surface area contributed by atoms with Gasteiger partial charge in [-0.1, -0.05) is 6.92 Å². The molecule has 1 atom stereocenters. The van der Waals surface area contributed by atoms with E-state index >= 15 is 0 Å². The second kappa shape index (κ2) is 5.64. The molecule has 0 aromatic carbocycles. The van der Waals surface area contributed by atoms with Crippen LogP contribution in [-0.4, -0.2) is 33.3 Å². The highest BCUT2D eigenvalue weighted by atomic mass is 16.4. The molecule has 0 aliphatic carbocycles. The van der Waals surface area contributed by atoms with Crippen molar-refractivity contribution in [3.8, 4) is 0 Å². The molecule has 0 aliphatic heterocycles. The summed E-state index contributed by atoms with van der Waals surface area (Å²) in [5.41, 5.74) is 0.596. The second-order valence-corrected chi connectivity index (χ2v) is 4.46. The fourth-order valence-electron chi connectivity index (χ4n) is 1.54. The van der Waals surface area contributed by atoms with Crippen molar-refractivity contribution >= 4 is 11.9 Å². The zero-order valence-corrected chi connectivity index (χ0v) is 11.4. The molecule has 0 saturated carbocycles. The lowest BCUT2D eigenvalue weighted by atomic mass is 10.1. The average molecular weight is 267 g/mol. The molecule has 19 heavy (non-hydrogen) atoms. The number of hydrogen-bond donors (Lipinski definition) is 2. The molecule has 0 bridgehead atoms. The number of carbonyl (C=O) groups excluding carboxylic acids is 1. The van der Waals surface area contributed by atoms with Crippen molar-refractivity contribution in [2.24, 2.45) is 13.0 Å². The van der Waals surface area contributed by atoms with Crippen LogP contribution in [0.1, 0.15) is 28.5 Å². The molecule has 0 radical (unpaired) electrons. The number of nitrogens with one attached hydrogen (secondary N) is 1. The van der Waals surface area contributed by atoms with Gasteiger partial charge in [-0.2, -0.15) is 5.10 Å². The Morgan fingerprint density at radius 2 is 2.00 bits per heavy atom. The van der Waals surface area contributed by atoms with E-state index in [0.717, 1.165) is 4.68 Å². The van der Waals surface area contributed by atoms with Crippen LogP contribution < -0.4 is 10.9 Å². The first kappa shape index (κ1) is 14.9. The Bertz CT molecular complexity index is 577. The molecule has 2 N–H and O–H groups in total. The van der Waals surface area contributed by atoms with E-state index in [1.165, 1.54) is 14.0 Å². The normalized spacial score (nSPS) is 12.0. The Balaban J connectivity index is 3.01. The minimum Gasteiger partial charge on any atom is -0.481 e. The predicted octanol–water partition coefficient (Wildman–Crippen LogP) is -0.152. The molecule has 7 nitrogen and oxygen atoms in total. The summed E-state index contributed by atoms with van der Waals surface area (Å²) in [5, 5.41) is 15.2. The van der Waals surface area contributed by atoms with E-state index in [1.54, 1.807) is 13.8 Å². The van der Waals surface area contributed by atoms with Gasteiger partial charge in [0.15, 0.2) is 0 Å². The highest BCUT2D eigenvalue weighted by Gasteiger charge is 2.19. The summed E-state index contributed by atoms with van der Waals surface area (Å²) in [5.74, 6) is -2.29. The molecule has 7 heteroatoms. The molecular formula is C12H17N3O4. The number of amides is 1. The SMILES string of the molecule is Cc1nn(C)c(=O)c(C(=O)NCC(C)C(=O)O)c1C. The summed E-state index contributed by atoms with van der Waals surface area (Å²) in [6, 6.07) is 0. The van der Waals surface area contributed by atoms with Crippen LogP contribution in [0.15, 0.2) is 4.79 Å². The van der Waals surface area contributed by atoms with Crippen LogP contribution in [0.4, 0.5) is 0 Å². The smallest absolute Gasteiger partial charge is 0.308 e. The van der Waals surface area contributed by atoms with E-state index in [0.29, 0.717) is 11.3 Å². The summed E-state index contributed by atoms with van der Waals surface area (Å²) < 4.78 is 1.10. The number of aromatic nitrogens is 2. The third kappa shape index (κ3) is 3.18. The third-order valence-corrected chi connectivity index (χ3v) is 2.94. The highest BCUT2D eigenvalue weighted by Crippen LogP contribution is 2.06. The van der Waals surface area contributed by atoms with Crippen molar-refractivity contribution in [3.05, 3.63) is 27.2 Å². The van der Waals surface area contributed by atoms with Gasteiger partial charge in [0.25, 0.3) is 11.5 Å². The number of carboxylic acids is 1. The maximum atomic E-state index is 12.0. The van der Waals surface area contributed by atoms with Gasteiger partial charge in [0.2, 0.25) is 0 Å². The molecule has 0 aliphatic rings.